The highest BCUT2D eigenvalue weighted by molar-refractivity contribution is 5.73. The number of benzene rings is 1. The van der Waals surface area contributed by atoms with Gasteiger partial charge in [-0.1, -0.05) is 18.2 Å². The number of piperidine rings is 1. The van der Waals surface area contributed by atoms with Crippen molar-refractivity contribution in [1.82, 2.24) is 9.80 Å². The average Bonchev–Trinajstić information content (AvgIpc) is 3.13. The van der Waals surface area contributed by atoms with Gasteiger partial charge in [-0.05, 0) is 63.4 Å². The molecule has 1 aromatic carbocycles. The molecule has 1 N–H and O–H groups in total. The molecule has 5 nitrogen and oxygen atoms in total. The second-order valence-corrected chi connectivity index (χ2v) is 7.64. The van der Waals surface area contributed by atoms with Crippen LogP contribution in [-0.4, -0.2) is 65.7 Å². The molecule has 0 aromatic heterocycles. The number of fused-ring (bicyclic) bond motifs is 1. The van der Waals surface area contributed by atoms with E-state index in [0.29, 0.717) is 12.0 Å². The topological polar surface area (TPSA) is 53.0 Å². The number of rotatable bonds is 4. The first-order valence-corrected chi connectivity index (χ1v) is 9.65. The van der Waals surface area contributed by atoms with Gasteiger partial charge in [-0.2, -0.15) is 0 Å². The van der Waals surface area contributed by atoms with Crippen LogP contribution in [0.2, 0.25) is 0 Å². The molecule has 0 radical (unpaired) electrons. The van der Waals surface area contributed by atoms with E-state index in [1.807, 2.05) is 6.07 Å². The molecule has 2 fully saturated rings. The molecule has 2 unspecified atom stereocenters. The van der Waals surface area contributed by atoms with Crippen LogP contribution >= 0.6 is 0 Å². The van der Waals surface area contributed by atoms with Gasteiger partial charge in [-0.3, -0.25) is 9.69 Å². The standard InChI is InChI=1S/C20H28N2O3/c23-20(24)18-5-3-10-22(18)16-7-11-21(12-8-16)14-15-9-13-25-19-6-2-1-4-17(15)19/h1-2,4,6,15-16,18H,3,5,7-14H2,(H,23,24). The molecule has 2 saturated heterocycles. The third-order valence-corrected chi connectivity index (χ3v) is 6.17. The number of hydrogen-bond acceptors (Lipinski definition) is 4. The van der Waals surface area contributed by atoms with E-state index < -0.39 is 5.97 Å². The molecule has 136 valence electrons. The second-order valence-electron chi connectivity index (χ2n) is 7.64. The van der Waals surface area contributed by atoms with E-state index in [0.717, 1.165) is 70.6 Å². The van der Waals surface area contributed by atoms with Gasteiger partial charge in [-0.15, -0.1) is 0 Å². The summed E-state index contributed by atoms with van der Waals surface area (Å²) in [6.07, 6.45) is 5.11. The van der Waals surface area contributed by atoms with E-state index in [1.165, 1.54) is 5.56 Å². The number of likely N-dealkylation sites (tertiary alicyclic amines) is 2. The van der Waals surface area contributed by atoms with E-state index >= 15 is 0 Å². The Kier molecular flexibility index (Phi) is 4.95. The normalized spacial score (nSPS) is 28.5. The minimum Gasteiger partial charge on any atom is -0.493 e. The predicted octanol–water partition coefficient (Wildman–Crippen LogP) is 2.57. The zero-order valence-corrected chi connectivity index (χ0v) is 14.8. The minimum atomic E-state index is -0.640. The molecule has 0 amide bonds. The fourth-order valence-corrected chi connectivity index (χ4v) is 4.84. The van der Waals surface area contributed by atoms with E-state index in [4.69, 9.17) is 4.74 Å². The highest BCUT2D eigenvalue weighted by Gasteiger charge is 2.37. The highest BCUT2D eigenvalue weighted by atomic mass is 16.5. The van der Waals surface area contributed by atoms with Gasteiger partial charge >= 0.3 is 5.97 Å². The number of nitrogens with zero attached hydrogens (tertiary/aromatic N) is 2. The SMILES string of the molecule is O=C(O)C1CCCN1C1CCN(CC2CCOc3ccccc32)CC1. The third kappa shape index (κ3) is 3.53. The monoisotopic (exact) mass is 344 g/mol. The molecule has 2 atom stereocenters. The van der Waals surface area contributed by atoms with Crippen molar-refractivity contribution < 1.29 is 14.6 Å². The summed E-state index contributed by atoms with van der Waals surface area (Å²) in [7, 11) is 0. The van der Waals surface area contributed by atoms with Crippen LogP contribution in [0.3, 0.4) is 0 Å². The lowest BCUT2D eigenvalue weighted by molar-refractivity contribution is -0.143. The number of carboxylic acids is 1. The lowest BCUT2D eigenvalue weighted by Crippen LogP contribution is -2.49. The fourth-order valence-electron chi connectivity index (χ4n) is 4.84. The lowest BCUT2D eigenvalue weighted by Gasteiger charge is -2.40. The van der Waals surface area contributed by atoms with Crippen molar-refractivity contribution in [2.75, 3.05) is 32.8 Å². The summed E-state index contributed by atoms with van der Waals surface area (Å²) in [4.78, 5) is 16.3. The number of ether oxygens (including phenoxy) is 1. The first-order chi connectivity index (χ1) is 12.2. The van der Waals surface area contributed by atoms with Crippen LogP contribution in [0.15, 0.2) is 24.3 Å². The molecule has 3 aliphatic heterocycles. The summed E-state index contributed by atoms with van der Waals surface area (Å²) < 4.78 is 5.78. The van der Waals surface area contributed by atoms with E-state index in [9.17, 15) is 9.90 Å². The van der Waals surface area contributed by atoms with Gasteiger partial charge in [-0.25, -0.2) is 0 Å². The lowest BCUT2D eigenvalue weighted by atomic mass is 9.91. The second kappa shape index (κ2) is 7.34. The zero-order valence-electron chi connectivity index (χ0n) is 14.8. The Morgan fingerprint density at radius 3 is 2.72 bits per heavy atom. The summed E-state index contributed by atoms with van der Waals surface area (Å²) in [5.41, 5.74) is 1.35. The van der Waals surface area contributed by atoms with Crippen LogP contribution in [0.1, 0.15) is 43.6 Å². The van der Waals surface area contributed by atoms with Gasteiger partial charge in [0, 0.05) is 18.5 Å². The van der Waals surface area contributed by atoms with Gasteiger partial charge in [0.1, 0.15) is 11.8 Å². The van der Waals surface area contributed by atoms with Crippen LogP contribution in [-0.2, 0) is 4.79 Å². The minimum absolute atomic E-state index is 0.251. The molecule has 0 aliphatic carbocycles. The Balaban J connectivity index is 1.33. The van der Waals surface area contributed by atoms with Gasteiger partial charge in [0.05, 0.1) is 6.61 Å². The molecule has 4 rings (SSSR count). The van der Waals surface area contributed by atoms with Gasteiger partial charge in [0.2, 0.25) is 0 Å². The van der Waals surface area contributed by atoms with Crippen molar-refractivity contribution in [3.8, 4) is 5.75 Å². The highest BCUT2D eigenvalue weighted by Crippen LogP contribution is 2.35. The van der Waals surface area contributed by atoms with Crippen molar-refractivity contribution in [1.29, 1.82) is 0 Å². The van der Waals surface area contributed by atoms with Crippen molar-refractivity contribution >= 4 is 5.97 Å². The smallest absolute Gasteiger partial charge is 0.320 e. The molecule has 25 heavy (non-hydrogen) atoms. The summed E-state index contributed by atoms with van der Waals surface area (Å²) >= 11 is 0. The predicted molar refractivity (Wildman–Crippen MR) is 96.1 cm³/mol. The van der Waals surface area contributed by atoms with Crippen LogP contribution in [0.5, 0.6) is 5.75 Å². The molecule has 3 aliphatic rings. The Bertz CT molecular complexity index is 613. The summed E-state index contributed by atoms with van der Waals surface area (Å²) in [5.74, 6) is 0.966. The molecule has 3 heterocycles. The number of hydrogen-bond donors (Lipinski definition) is 1. The molecular weight excluding hydrogens is 316 g/mol. The molecule has 5 heteroatoms. The van der Waals surface area contributed by atoms with E-state index in [2.05, 4.69) is 28.0 Å². The maximum Gasteiger partial charge on any atom is 0.320 e. The Hall–Kier alpha value is -1.59. The van der Waals surface area contributed by atoms with Crippen LogP contribution in [0.4, 0.5) is 0 Å². The molecular formula is C20H28N2O3. The molecule has 0 saturated carbocycles. The average molecular weight is 344 g/mol. The largest absolute Gasteiger partial charge is 0.493 e. The number of carbonyl (C=O) groups is 1. The first kappa shape index (κ1) is 16.9. The Labute approximate surface area is 149 Å². The Morgan fingerprint density at radius 2 is 1.92 bits per heavy atom. The molecule has 0 bridgehead atoms. The molecule has 1 aromatic rings. The number of para-hydroxylation sites is 1. The van der Waals surface area contributed by atoms with Gasteiger partial charge < -0.3 is 14.7 Å². The van der Waals surface area contributed by atoms with Crippen molar-refractivity contribution in [2.24, 2.45) is 0 Å². The maximum atomic E-state index is 11.4. The summed E-state index contributed by atoms with van der Waals surface area (Å²) in [5, 5.41) is 9.41. The van der Waals surface area contributed by atoms with Crippen molar-refractivity contribution in [2.45, 2.75) is 50.1 Å². The zero-order chi connectivity index (χ0) is 17.2. The summed E-state index contributed by atoms with van der Waals surface area (Å²) in [6, 6.07) is 8.62. The summed E-state index contributed by atoms with van der Waals surface area (Å²) in [6.45, 7) is 5.01. The fraction of sp³-hybridized carbons (Fsp3) is 0.650. The van der Waals surface area contributed by atoms with Crippen LogP contribution in [0, 0.1) is 0 Å². The Morgan fingerprint density at radius 1 is 1.12 bits per heavy atom. The van der Waals surface area contributed by atoms with Gasteiger partial charge in [0.25, 0.3) is 0 Å². The van der Waals surface area contributed by atoms with E-state index in [1.54, 1.807) is 0 Å². The number of aliphatic carboxylic acids is 1. The van der Waals surface area contributed by atoms with Crippen LogP contribution in [0.25, 0.3) is 0 Å². The maximum absolute atomic E-state index is 11.4. The number of carboxylic acid groups (broad SMARTS) is 1. The third-order valence-electron chi connectivity index (χ3n) is 6.17. The van der Waals surface area contributed by atoms with Crippen molar-refractivity contribution in [3.63, 3.8) is 0 Å². The van der Waals surface area contributed by atoms with Crippen LogP contribution < -0.4 is 4.74 Å². The quantitative estimate of drug-likeness (QED) is 0.910. The van der Waals surface area contributed by atoms with E-state index in [-0.39, 0.29) is 6.04 Å². The van der Waals surface area contributed by atoms with Gasteiger partial charge in [0.15, 0.2) is 0 Å². The first-order valence-electron chi connectivity index (χ1n) is 9.65. The molecule has 0 spiro atoms. The van der Waals surface area contributed by atoms with Crippen molar-refractivity contribution in [3.05, 3.63) is 29.8 Å².